The number of nitrogens with one attached hydrogen (secondary N) is 2. The summed E-state index contributed by atoms with van der Waals surface area (Å²) in [5.41, 5.74) is 3.00. The molecule has 0 aromatic heterocycles. The van der Waals surface area contributed by atoms with E-state index in [1.165, 1.54) is 25.5 Å². The van der Waals surface area contributed by atoms with E-state index in [0.29, 0.717) is 10.7 Å². The first-order valence-corrected chi connectivity index (χ1v) is 5.32. The summed E-state index contributed by atoms with van der Waals surface area (Å²) >= 11 is 4.81. The second-order valence-electron chi connectivity index (χ2n) is 3.14. The number of nitro benzene ring substituents is 1. The minimum Gasteiger partial charge on any atom is -0.490 e. The lowest BCUT2D eigenvalue weighted by atomic mass is 10.2. The van der Waals surface area contributed by atoms with Crippen LogP contribution in [-0.4, -0.2) is 30.4 Å². The van der Waals surface area contributed by atoms with Gasteiger partial charge in [-0.3, -0.25) is 15.5 Å². The quantitative estimate of drug-likeness (QED) is 0.367. The molecule has 18 heavy (non-hydrogen) atoms. The summed E-state index contributed by atoms with van der Waals surface area (Å²) in [5.74, 6) is 0.204. The van der Waals surface area contributed by atoms with E-state index in [2.05, 4.69) is 15.8 Å². The molecule has 0 amide bonds. The van der Waals surface area contributed by atoms with Crippen LogP contribution in [0.1, 0.15) is 5.56 Å². The van der Waals surface area contributed by atoms with Crippen LogP contribution in [0.2, 0.25) is 0 Å². The van der Waals surface area contributed by atoms with Crippen molar-refractivity contribution in [3.63, 3.8) is 0 Å². The first-order valence-electron chi connectivity index (χ1n) is 4.91. The maximum atomic E-state index is 10.8. The summed E-state index contributed by atoms with van der Waals surface area (Å²) < 4.78 is 4.89. The van der Waals surface area contributed by atoms with Gasteiger partial charge in [0.05, 0.1) is 18.2 Å². The Bertz CT molecular complexity index is 490. The molecule has 0 aliphatic rings. The third-order valence-corrected chi connectivity index (χ3v) is 2.30. The molecule has 0 aliphatic carbocycles. The minimum atomic E-state index is -0.512. The lowest BCUT2D eigenvalue weighted by molar-refractivity contribution is -0.385. The van der Waals surface area contributed by atoms with Crippen molar-refractivity contribution in [2.75, 3.05) is 14.2 Å². The number of hydrogen-bond acceptors (Lipinski definition) is 5. The Labute approximate surface area is 109 Å². The maximum Gasteiger partial charge on any atom is 0.311 e. The minimum absolute atomic E-state index is 0.113. The van der Waals surface area contributed by atoms with E-state index in [0.717, 1.165) is 0 Å². The van der Waals surface area contributed by atoms with Crippen molar-refractivity contribution in [1.82, 2.24) is 10.7 Å². The van der Waals surface area contributed by atoms with Gasteiger partial charge in [-0.05, 0) is 24.4 Å². The van der Waals surface area contributed by atoms with Crippen LogP contribution in [0.25, 0.3) is 0 Å². The lowest BCUT2D eigenvalue weighted by Crippen LogP contribution is -2.28. The third kappa shape index (κ3) is 3.67. The number of rotatable bonds is 4. The normalized spacial score (nSPS) is 10.1. The smallest absolute Gasteiger partial charge is 0.311 e. The van der Waals surface area contributed by atoms with E-state index in [1.54, 1.807) is 13.1 Å². The summed E-state index contributed by atoms with van der Waals surface area (Å²) in [6, 6.07) is 4.53. The molecule has 8 heteroatoms. The molecule has 1 aromatic rings. The van der Waals surface area contributed by atoms with Crippen LogP contribution in [0.5, 0.6) is 5.75 Å². The first-order chi connectivity index (χ1) is 8.58. The fourth-order valence-electron chi connectivity index (χ4n) is 1.15. The Hall–Kier alpha value is -2.22. The molecular formula is C10H12N4O3S. The van der Waals surface area contributed by atoms with E-state index in [-0.39, 0.29) is 11.4 Å². The summed E-state index contributed by atoms with van der Waals surface area (Å²) in [6.07, 6.45) is 1.43. The molecule has 96 valence electrons. The highest BCUT2D eigenvalue weighted by Gasteiger charge is 2.14. The maximum absolute atomic E-state index is 10.8. The molecule has 0 unspecified atom stereocenters. The van der Waals surface area contributed by atoms with E-state index in [1.807, 2.05) is 0 Å². The van der Waals surface area contributed by atoms with E-state index in [4.69, 9.17) is 17.0 Å². The predicted molar refractivity (Wildman–Crippen MR) is 72.0 cm³/mol. The van der Waals surface area contributed by atoms with Crippen LogP contribution in [-0.2, 0) is 0 Å². The van der Waals surface area contributed by atoms with Gasteiger partial charge < -0.3 is 10.1 Å². The van der Waals surface area contributed by atoms with Crippen LogP contribution in [0.15, 0.2) is 23.3 Å². The van der Waals surface area contributed by atoms with Crippen molar-refractivity contribution >= 4 is 29.2 Å². The number of benzene rings is 1. The van der Waals surface area contributed by atoms with Gasteiger partial charge in [0, 0.05) is 18.7 Å². The van der Waals surface area contributed by atoms with E-state index >= 15 is 0 Å². The molecule has 0 heterocycles. The van der Waals surface area contributed by atoms with Gasteiger partial charge in [-0.2, -0.15) is 5.10 Å². The number of thiocarbonyl (C=S) groups is 1. The number of methoxy groups -OCH3 is 1. The highest BCUT2D eigenvalue weighted by molar-refractivity contribution is 7.80. The van der Waals surface area contributed by atoms with Crippen molar-refractivity contribution in [3.05, 3.63) is 33.9 Å². The predicted octanol–water partition coefficient (Wildman–Crippen LogP) is 1.03. The molecule has 0 bridgehead atoms. The van der Waals surface area contributed by atoms with Gasteiger partial charge in [0.1, 0.15) is 0 Å². The van der Waals surface area contributed by atoms with Gasteiger partial charge in [-0.25, -0.2) is 0 Å². The van der Waals surface area contributed by atoms with Gasteiger partial charge >= 0.3 is 5.69 Å². The second-order valence-corrected chi connectivity index (χ2v) is 3.55. The van der Waals surface area contributed by atoms with Crippen LogP contribution in [0.3, 0.4) is 0 Å². The largest absolute Gasteiger partial charge is 0.490 e. The number of nitrogens with zero attached hydrogens (tertiary/aromatic N) is 2. The Morgan fingerprint density at radius 1 is 1.61 bits per heavy atom. The van der Waals surface area contributed by atoms with E-state index < -0.39 is 4.92 Å². The Kier molecular flexibility index (Phi) is 5.00. The first kappa shape index (κ1) is 13.8. The lowest BCUT2D eigenvalue weighted by Gasteiger charge is -2.02. The van der Waals surface area contributed by atoms with Crippen molar-refractivity contribution < 1.29 is 9.66 Å². The third-order valence-electron chi connectivity index (χ3n) is 2.01. The van der Waals surface area contributed by atoms with Crippen molar-refractivity contribution in [2.24, 2.45) is 5.10 Å². The highest BCUT2D eigenvalue weighted by atomic mass is 32.1. The van der Waals surface area contributed by atoms with Gasteiger partial charge in [-0.1, -0.05) is 0 Å². The molecule has 0 spiro atoms. The topological polar surface area (TPSA) is 88.8 Å². The van der Waals surface area contributed by atoms with Gasteiger partial charge in [0.2, 0.25) is 0 Å². The molecule has 1 aromatic carbocycles. The zero-order valence-electron chi connectivity index (χ0n) is 9.84. The summed E-state index contributed by atoms with van der Waals surface area (Å²) in [7, 11) is 3.03. The number of hydrazone groups is 1. The highest BCUT2D eigenvalue weighted by Crippen LogP contribution is 2.26. The summed E-state index contributed by atoms with van der Waals surface area (Å²) in [6.45, 7) is 0. The number of nitro groups is 1. The molecule has 0 radical (unpaired) electrons. The molecule has 7 nitrogen and oxygen atoms in total. The van der Waals surface area contributed by atoms with Gasteiger partial charge in [0.15, 0.2) is 10.9 Å². The molecule has 0 saturated heterocycles. The number of ether oxygens (including phenoxy) is 1. The fourth-order valence-corrected chi connectivity index (χ4v) is 1.20. The SMILES string of the molecule is CNC(=S)N/N=C/c1ccc(OC)c([N+](=O)[O-])c1. The Morgan fingerprint density at radius 3 is 2.89 bits per heavy atom. The number of hydrogen-bond donors (Lipinski definition) is 2. The zero-order chi connectivity index (χ0) is 13.5. The van der Waals surface area contributed by atoms with Crippen molar-refractivity contribution in [1.29, 1.82) is 0 Å². The molecule has 2 N–H and O–H groups in total. The van der Waals surface area contributed by atoms with Crippen molar-refractivity contribution in [3.8, 4) is 5.75 Å². The van der Waals surface area contributed by atoms with Crippen LogP contribution >= 0.6 is 12.2 Å². The zero-order valence-corrected chi connectivity index (χ0v) is 10.7. The standard InChI is InChI=1S/C10H12N4O3S/c1-11-10(18)13-12-6-7-3-4-9(17-2)8(5-7)14(15)16/h3-6H,1-2H3,(H2,11,13,18)/b12-6+. The van der Waals surface area contributed by atoms with E-state index in [9.17, 15) is 10.1 Å². The average Bonchev–Trinajstić information content (AvgIpc) is 2.38. The summed E-state index contributed by atoms with van der Waals surface area (Å²) in [4.78, 5) is 10.3. The van der Waals surface area contributed by atoms with Crippen molar-refractivity contribution in [2.45, 2.75) is 0 Å². The molecule has 0 fully saturated rings. The van der Waals surface area contributed by atoms with Crippen LogP contribution in [0, 0.1) is 10.1 Å². The van der Waals surface area contributed by atoms with Crippen LogP contribution in [0.4, 0.5) is 5.69 Å². The molecule has 0 atom stereocenters. The van der Waals surface area contributed by atoms with Crippen LogP contribution < -0.4 is 15.5 Å². The fraction of sp³-hybridized carbons (Fsp3) is 0.200. The molecule has 1 rings (SSSR count). The molecule has 0 saturated carbocycles. The Morgan fingerprint density at radius 2 is 2.33 bits per heavy atom. The van der Waals surface area contributed by atoms with Gasteiger partial charge in [-0.15, -0.1) is 0 Å². The monoisotopic (exact) mass is 268 g/mol. The Balaban J connectivity index is 2.88. The molecular weight excluding hydrogens is 256 g/mol. The summed E-state index contributed by atoms with van der Waals surface area (Å²) in [5, 5.41) is 17.7. The average molecular weight is 268 g/mol. The molecule has 0 aliphatic heterocycles. The second kappa shape index (κ2) is 6.50. The van der Waals surface area contributed by atoms with Gasteiger partial charge in [0.25, 0.3) is 0 Å².